The van der Waals surface area contributed by atoms with Gasteiger partial charge in [-0.25, -0.2) is 0 Å². The summed E-state index contributed by atoms with van der Waals surface area (Å²) in [5.41, 5.74) is 2.40. The topological polar surface area (TPSA) is 61.4 Å². The fourth-order valence-electron chi connectivity index (χ4n) is 3.16. The van der Waals surface area contributed by atoms with Crippen LogP contribution in [0.2, 0.25) is 0 Å². The Morgan fingerprint density at radius 3 is 2.71 bits per heavy atom. The molecule has 0 saturated carbocycles. The molecule has 132 valence electrons. The number of nitrogens with one attached hydrogen (secondary N) is 2. The number of benzene rings is 1. The second kappa shape index (κ2) is 8.29. The molecule has 1 aromatic rings. The summed E-state index contributed by atoms with van der Waals surface area (Å²) < 4.78 is 0. The Hall–Kier alpha value is -1.88. The third kappa shape index (κ3) is 4.81. The fourth-order valence-corrected chi connectivity index (χ4v) is 3.16. The first kappa shape index (κ1) is 18.5. The number of aryl methyl sites for hydroxylation is 1. The van der Waals surface area contributed by atoms with E-state index in [1.165, 1.54) is 0 Å². The Bertz CT molecular complexity index is 598. The summed E-state index contributed by atoms with van der Waals surface area (Å²) in [6.07, 6.45) is 1.55. The number of anilines is 1. The van der Waals surface area contributed by atoms with E-state index in [0.29, 0.717) is 23.8 Å². The van der Waals surface area contributed by atoms with Crippen molar-refractivity contribution in [1.82, 2.24) is 10.2 Å². The maximum atomic E-state index is 12.6. The average molecular weight is 331 g/mol. The Morgan fingerprint density at radius 2 is 2.08 bits per heavy atom. The van der Waals surface area contributed by atoms with Gasteiger partial charge in [0.1, 0.15) is 0 Å². The van der Waals surface area contributed by atoms with E-state index >= 15 is 0 Å². The van der Waals surface area contributed by atoms with E-state index in [9.17, 15) is 9.59 Å². The number of hydrogen-bond acceptors (Lipinski definition) is 3. The number of rotatable bonds is 6. The zero-order valence-corrected chi connectivity index (χ0v) is 15.2. The van der Waals surface area contributed by atoms with Gasteiger partial charge < -0.3 is 15.5 Å². The normalized spacial score (nSPS) is 17.4. The van der Waals surface area contributed by atoms with Crippen molar-refractivity contribution in [2.75, 3.05) is 32.0 Å². The smallest absolute Gasteiger partial charge is 0.253 e. The first-order chi connectivity index (χ1) is 11.4. The quantitative estimate of drug-likeness (QED) is 0.842. The molecule has 2 amide bonds. The first-order valence-corrected chi connectivity index (χ1v) is 8.75. The van der Waals surface area contributed by atoms with Crippen molar-refractivity contribution in [3.8, 4) is 0 Å². The van der Waals surface area contributed by atoms with Gasteiger partial charge in [0.2, 0.25) is 5.91 Å². The summed E-state index contributed by atoms with van der Waals surface area (Å²) in [5, 5.41) is 6.11. The van der Waals surface area contributed by atoms with Crippen LogP contribution in [0.1, 0.15) is 42.6 Å². The van der Waals surface area contributed by atoms with Gasteiger partial charge in [-0.3, -0.25) is 9.59 Å². The Balaban J connectivity index is 2.01. The minimum absolute atomic E-state index is 0.0154. The number of carbonyl (C=O) groups is 2. The molecule has 0 aromatic heterocycles. The van der Waals surface area contributed by atoms with E-state index in [1.54, 1.807) is 0 Å². The molecule has 5 nitrogen and oxygen atoms in total. The third-order valence-electron chi connectivity index (χ3n) is 4.41. The number of carbonyl (C=O) groups excluding carboxylic acids is 2. The summed E-state index contributed by atoms with van der Waals surface area (Å²) in [5.74, 6) is 0.958. The average Bonchev–Trinajstić information content (AvgIpc) is 2.97. The predicted molar refractivity (Wildman–Crippen MR) is 97.2 cm³/mol. The van der Waals surface area contributed by atoms with Gasteiger partial charge in [0, 0.05) is 30.8 Å². The molecule has 24 heavy (non-hydrogen) atoms. The highest BCUT2D eigenvalue weighted by Crippen LogP contribution is 2.22. The minimum atomic E-state index is 0.0154. The van der Waals surface area contributed by atoms with Crippen molar-refractivity contribution in [1.29, 1.82) is 0 Å². The largest absolute Gasteiger partial charge is 0.338 e. The molecule has 0 bridgehead atoms. The van der Waals surface area contributed by atoms with Crippen molar-refractivity contribution < 1.29 is 9.59 Å². The van der Waals surface area contributed by atoms with Crippen LogP contribution in [0.3, 0.4) is 0 Å². The Labute approximate surface area is 144 Å². The maximum absolute atomic E-state index is 12.6. The lowest BCUT2D eigenvalue weighted by Gasteiger charge is -2.18. The molecule has 1 aliphatic rings. The van der Waals surface area contributed by atoms with Gasteiger partial charge in [-0.2, -0.15) is 0 Å². The van der Waals surface area contributed by atoms with Crippen LogP contribution in [-0.2, 0) is 4.79 Å². The van der Waals surface area contributed by atoms with Gasteiger partial charge in [-0.15, -0.1) is 0 Å². The highest BCUT2D eigenvalue weighted by molar-refractivity contribution is 5.96. The van der Waals surface area contributed by atoms with Crippen LogP contribution in [0.15, 0.2) is 18.2 Å². The number of hydrogen-bond donors (Lipinski definition) is 2. The number of amides is 2. The van der Waals surface area contributed by atoms with Crippen LogP contribution in [-0.4, -0.2) is 43.4 Å². The fraction of sp³-hybridized carbons (Fsp3) is 0.579. The van der Waals surface area contributed by atoms with E-state index in [1.807, 2.05) is 50.9 Å². The first-order valence-electron chi connectivity index (χ1n) is 8.75. The summed E-state index contributed by atoms with van der Waals surface area (Å²) in [6, 6.07) is 5.52. The van der Waals surface area contributed by atoms with Crippen molar-refractivity contribution in [3.63, 3.8) is 0 Å². The minimum Gasteiger partial charge on any atom is -0.338 e. The third-order valence-corrected chi connectivity index (χ3v) is 4.41. The van der Waals surface area contributed by atoms with Gasteiger partial charge >= 0.3 is 0 Å². The zero-order valence-electron chi connectivity index (χ0n) is 15.2. The van der Waals surface area contributed by atoms with Gasteiger partial charge in [0.15, 0.2) is 0 Å². The number of nitrogens with zero attached hydrogens (tertiary/aromatic N) is 1. The second-order valence-corrected chi connectivity index (χ2v) is 7.14. The van der Waals surface area contributed by atoms with Gasteiger partial charge in [-0.05, 0) is 62.5 Å². The Kier molecular flexibility index (Phi) is 6.37. The molecule has 0 aliphatic carbocycles. The molecule has 1 fully saturated rings. The molecule has 1 aromatic carbocycles. The molecule has 5 heteroatoms. The lowest BCUT2D eigenvalue weighted by molar-refractivity contribution is -0.116. The maximum Gasteiger partial charge on any atom is 0.253 e. The van der Waals surface area contributed by atoms with Crippen LogP contribution in [0, 0.1) is 18.8 Å². The van der Waals surface area contributed by atoms with E-state index in [-0.39, 0.29) is 11.8 Å². The van der Waals surface area contributed by atoms with Crippen LogP contribution in [0.5, 0.6) is 0 Å². The molecule has 2 rings (SSSR count). The van der Waals surface area contributed by atoms with Crippen molar-refractivity contribution >= 4 is 17.5 Å². The summed E-state index contributed by atoms with van der Waals surface area (Å²) in [4.78, 5) is 26.5. The van der Waals surface area contributed by atoms with Crippen LogP contribution >= 0.6 is 0 Å². The highest BCUT2D eigenvalue weighted by atomic mass is 16.2. The molecule has 1 heterocycles. The van der Waals surface area contributed by atoms with Gasteiger partial charge in [0.05, 0.1) is 0 Å². The molecule has 1 aliphatic heterocycles. The lowest BCUT2D eigenvalue weighted by Crippen LogP contribution is -2.30. The predicted octanol–water partition coefficient (Wildman–Crippen LogP) is 2.66. The zero-order chi connectivity index (χ0) is 17.7. The van der Waals surface area contributed by atoms with Crippen LogP contribution in [0.4, 0.5) is 5.69 Å². The molecular formula is C19H29N3O2. The molecule has 0 radical (unpaired) electrons. The SMILES string of the molecule is CNCC1CCN(C(=O)c2ccc(NC(=O)CC(C)C)c(C)c2)C1. The van der Waals surface area contributed by atoms with E-state index < -0.39 is 0 Å². The molecule has 0 spiro atoms. The molecule has 1 atom stereocenters. The summed E-state index contributed by atoms with van der Waals surface area (Å²) in [6.45, 7) is 8.54. The standard InChI is InChI=1S/C19H29N3O2/c1-13(2)9-18(23)21-17-6-5-16(10-14(17)3)19(24)22-8-7-15(12-22)11-20-4/h5-6,10,13,15,20H,7-9,11-12H2,1-4H3,(H,21,23). The molecule has 1 unspecified atom stereocenters. The van der Waals surface area contributed by atoms with Crippen molar-refractivity contribution in [2.45, 2.75) is 33.6 Å². The highest BCUT2D eigenvalue weighted by Gasteiger charge is 2.26. The van der Waals surface area contributed by atoms with Gasteiger partial charge in [-0.1, -0.05) is 13.8 Å². The van der Waals surface area contributed by atoms with E-state index in [0.717, 1.165) is 37.3 Å². The van der Waals surface area contributed by atoms with Gasteiger partial charge in [0.25, 0.3) is 5.91 Å². The molecular weight excluding hydrogens is 302 g/mol. The van der Waals surface area contributed by atoms with E-state index in [4.69, 9.17) is 0 Å². The summed E-state index contributed by atoms with van der Waals surface area (Å²) >= 11 is 0. The molecule has 2 N–H and O–H groups in total. The monoisotopic (exact) mass is 331 g/mol. The number of likely N-dealkylation sites (tertiary alicyclic amines) is 1. The van der Waals surface area contributed by atoms with Crippen LogP contribution < -0.4 is 10.6 Å². The lowest BCUT2D eigenvalue weighted by atomic mass is 10.1. The second-order valence-electron chi connectivity index (χ2n) is 7.14. The van der Waals surface area contributed by atoms with Crippen LogP contribution in [0.25, 0.3) is 0 Å². The van der Waals surface area contributed by atoms with Crippen molar-refractivity contribution in [2.24, 2.45) is 11.8 Å². The van der Waals surface area contributed by atoms with E-state index in [2.05, 4.69) is 10.6 Å². The van der Waals surface area contributed by atoms with Crippen molar-refractivity contribution in [3.05, 3.63) is 29.3 Å². The summed E-state index contributed by atoms with van der Waals surface area (Å²) in [7, 11) is 1.94. The molecule has 1 saturated heterocycles. The Morgan fingerprint density at radius 1 is 1.33 bits per heavy atom.